The SMILES string of the molecule is Cc1cccc(Nc2nc(N/N=C/C3CNNC3c3ccc(F)cc3)nc(N3CCC(C)CC3)n2)c1C. The minimum Gasteiger partial charge on any atom is -0.341 e. The number of aromatic nitrogens is 3. The van der Waals surface area contributed by atoms with Crippen LogP contribution >= 0.6 is 0 Å². The number of halogens is 1. The molecule has 4 N–H and O–H groups in total. The van der Waals surface area contributed by atoms with E-state index < -0.39 is 0 Å². The molecule has 9 nitrogen and oxygen atoms in total. The normalized spacial score (nSPS) is 20.5. The number of hydrogen-bond donors (Lipinski definition) is 4. The van der Waals surface area contributed by atoms with Crippen molar-refractivity contribution in [3.63, 3.8) is 0 Å². The van der Waals surface area contributed by atoms with Crippen molar-refractivity contribution in [2.45, 2.75) is 39.7 Å². The molecule has 5 rings (SSSR count). The van der Waals surface area contributed by atoms with Gasteiger partial charge in [0.25, 0.3) is 0 Å². The Morgan fingerprint density at radius 1 is 1.03 bits per heavy atom. The molecular formula is C27H34FN9. The Bertz CT molecular complexity index is 1240. The molecule has 3 heterocycles. The first-order valence-corrected chi connectivity index (χ1v) is 12.8. The molecule has 2 saturated heterocycles. The zero-order valence-electron chi connectivity index (χ0n) is 21.5. The molecule has 2 aliphatic rings. The number of piperidine rings is 1. The fourth-order valence-electron chi connectivity index (χ4n) is 4.67. The van der Waals surface area contributed by atoms with E-state index in [4.69, 9.17) is 4.98 Å². The van der Waals surface area contributed by atoms with E-state index in [0.717, 1.165) is 42.7 Å². The first kappa shape index (κ1) is 25.0. The number of hydrazine groups is 1. The van der Waals surface area contributed by atoms with E-state index in [1.165, 1.54) is 17.7 Å². The van der Waals surface area contributed by atoms with Gasteiger partial charge >= 0.3 is 0 Å². The van der Waals surface area contributed by atoms with Crippen LogP contribution in [0.2, 0.25) is 0 Å². The molecule has 1 aromatic heterocycles. The van der Waals surface area contributed by atoms with Crippen LogP contribution < -0.4 is 26.5 Å². The van der Waals surface area contributed by atoms with Gasteiger partial charge in [-0.2, -0.15) is 20.1 Å². The summed E-state index contributed by atoms with van der Waals surface area (Å²) in [5.41, 5.74) is 13.7. The minimum atomic E-state index is -0.249. The Labute approximate surface area is 217 Å². The summed E-state index contributed by atoms with van der Waals surface area (Å²) in [6.07, 6.45) is 4.06. The van der Waals surface area contributed by atoms with Gasteiger partial charge in [0.05, 0.1) is 6.04 Å². The van der Waals surface area contributed by atoms with E-state index in [0.29, 0.717) is 30.3 Å². The lowest BCUT2D eigenvalue weighted by molar-refractivity contribution is 0.434. The van der Waals surface area contributed by atoms with Crippen molar-refractivity contribution in [3.8, 4) is 0 Å². The third-order valence-corrected chi connectivity index (χ3v) is 7.22. The van der Waals surface area contributed by atoms with Gasteiger partial charge in [0.1, 0.15) is 5.82 Å². The number of nitrogens with zero attached hydrogens (tertiary/aromatic N) is 5. The number of anilines is 4. The molecule has 2 unspecified atom stereocenters. The maximum Gasteiger partial charge on any atom is 0.250 e. The molecule has 3 aromatic rings. The van der Waals surface area contributed by atoms with Crippen molar-refractivity contribution in [2.75, 3.05) is 35.3 Å². The minimum absolute atomic E-state index is 0.0167. The van der Waals surface area contributed by atoms with Gasteiger partial charge in [-0.25, -0.2) is 15.2 Å². The highest BCUT2D eigenvalue weighted by atomic mass is 19.1. The molecule has 2 atom stereocenters. The smallest absolute Gasteiger partial charge is 0.250 e. The Morgan fingerprint density at radius 3 is 2.57 bits per heavy atom. The van der Waals surface area contributed by atoms with Crippen LogP contribution in [0, 0.1) is 31.5 Å². The molecule has 10 heteroatoms. The third-order valence-electron chi connectivity index (χ3n) is 7.22. The number of aryl methyl sites for hydroxylation is 1. The topological polar surface area (TPSA) is 102 Å². The standard InChI is InChI=1S/C27H34FN9/c1-17-11-13-37(14-12-17)27-33-25(31-23-6-4-5-18(2)19(23)3)32-26(34-27)36-30-16-21-15-29-35-24(21)20-7-9-22(28)10-8-20/h4-10,16-17,21,24,29,35H,11-15H2,1-3H3,(H2,31,32,33,34,36)/b30-16+. The molecule has 2 aliphatic heterocycles. The van der Waals surface area contributed by atoms with Crippen LogP contribution in [0.25, 0.3) is 0 Å². The van der Waals surface area contributed by atoms with E-state index in [9.17, 15) is 4.39 Å². The molecule has 2 aromatic carbocycles. The van der Waals surface area contributed by atoms with Gasteiger partial charge in [-0.3, -0.25) is 5.43 Å². The Morgan fingerprint density at radius 2 is 1.78 bits per heavy atom. The summed E-state index contributed by atoms with van der Waals surface area (Å²) in [5.74, 6) is 2.01. The number of hydrazone groups is 1. The van der Waals surface area contributed by atoms with Gasteiger partial charge in [0.15, 0.2) is 0 Å². The fourth-order valence-corrected chi connectivity index (χ4v) is 4.67. The van der Waals surface area contributed by atoms with Gasteiger partial charge in [0.2, 0.25) is 17.8 Å². The second kappa shape index (κ2) is 11.2. The zero-order chi connectivity index (χ0) is 25.8. The van der Waals surface area contributed by atoms with E-state index >= 15 is 0 Å². The number of benzene rings is 2. The molecule has 0 saturated carbocycles. The first-order chi connectivity index (χ1) is 18.0. The molecule has 194 valence electrons. The van der Waals surface area contributed by atoms with E-state index in [-0.39, 0.29) is 17.8 Å². The quantitative estimate of drug-likeness (QED) is 0.277. The van der Waals surface area contributed by atoms with Crippen LogP contribution in [-0.2, 0) is 0 Å². The van der Waals surface area contributed by atoms with E-state index in [1.54, 1.807) is 12.1 Å². The molecule has 0 aliphatic carbocycles. The first-order valence-electron chi connectivity index (χ1n) is 12.8. The van der Waals surface area contributed by atoms with Crippen LogP contribution in [0.15, 0.2) is 47.6 Å². The molecule has 37 heavy (non-hydrogen) atoms. The Balaban J connectivity index is 1.36. The summed E-state index contributed by atoms with van der Waals surface area (Å²) >= 11 is 0. The summed E-state index contributed by atoms with van der Waals surface area (Å²) in [7, 11) is 0. The summed E-state index contributed by atoms with van der Waals surface area (Å²) in [4.78, 5) is 16.2. The third kappa shape index (κ3) is 6.03. The number of hydrogen-bond acceptors (Lipinski definition) is 9. The van der Waals surface area contributed by atoms with Crippen LogP contribution in [0.1, 0.15) is 42.5 Å². The highest BCUT2D eigenvalue weighted by molar-refractivity contribution is 5.65. The number of rotatable bonds is 7. The summed E-state index contributed by atoms with van der Waals surface area (Å²) in [5, 5.41) is 7.84. The molecule has 0 radical (unpaired) electrons. The van der Waals surface area contributed by atoms with Gasteiger partial charge < -0.3 is 10.2 Å². The molecule has 0 spiro atoms. The van der Waals surface area contributed by atoms with E-state index in [1.807, 2.05) is 18.3 Å². The van der Waals surface area contributed by atoms with Crippen molar-refractivity contribution in [1.29, 1.82) is 0 Å². The lowest BCUT2D eigenvalue weighted by Crippen LogP contribution is -2.34. The summed E-state index contributed by atoms with van der Waals surface area (Å²) in [6, 6.07) is 12.6. The lowest BCUT2D eigenvalue weighted by Gasteiger charge is -2.30. The molecule has 0 amide bonds. The number of nitrogens with one attached hydrogen (secondary N) is 4. The Hall–Kier alpha value is -3.63. The summed E-state index contributed by atoms with van der Waals surface area (Å²) < 4.78 is 13.4. The maximum atomic E-state index is 13.4. The van der Waals surface area contributed by atoms with Crippen LogP contribution in [0.3, 0.4) is 0 Å². The highest BCUT2D eigenvalue weighted by Crippen LogP contribution is 2.26. The second-order valence-corrected chi connectivity index (χ2v) is 9.93. The second-order valence-electron chi connectivity index (χ2n) is 9.93. The van der Waals surface area contributed by atoms with Crippen molar-refractivity contribution in [3.05, 3.63) is 65.0 Å². The monoisotopic (exact) mass is 503 g/mol. The van der Waals surface area contributed by atoms with Crippen LogP contribution in [0.4, 0.5) is 27.9 Å². The van der Waals surface area contributed by atoms with Crippen molar-refractivity contribution in [1.82, 2.24) is 25.8 Å². The average Bonchev–Trinajstić information content (AvgIpc) is 3.36. The highest BCUT2D eigenvalue weighted by Gasteiger charge is 2.27. The largest absolute Gasteiger partial charge is 0.341 e. The fraction of sp³-hybridized carbons (Fsp3) is 0.407. The Kier molecular flexibility index (Phi) is 7.57. The summed E-state index contributed by atoms with van der Waals surface area (Å²) in [6.45, 7) is 8.97. The predicted molar refractivity (Wildman–Crippen MR) is 146 cm³/mol. The predicted octanol–water partition coefficient (Wildman–Crippen LogP) is 4.47. The van der Waals surface area contributed by atoms with E-state index in [2.05, 4.69) is 68.4 Å². The van der Waals surface area contributed by atoms with Crippen molar-refractivity contribution in [2.24, 2.45) is 16.9 Å². The molecule has 2 fully saturated rings. The van der Waals surface area contributed by atoms with Gasteiger partial charge in [-0.1, -0.05) is 31.2 Å². The molecule has 0 bridgehead atoms. The van der Waals surface area contributed by atoms with Crippen LogP contribution in [-0.4, -0.2) is 40.8 Å². The average molecular weight is 504 g/mol. The van der Waals surface area contributed by atoms with Gasteiger partial charge in [-0.05, 0) is 67.5 Å². The molecular weight excluding hydrogens is 469 g/mol. The van der Waals surface area contributed by atoms with Crippen molar-refractivity contribution >= 4 is 29.7 Å². The van der Waals surface area contributed by atoms with Crippen molar-refractivity contribution < 1.29 is 4.39 Å². The van der Waals surface area contributed by atoms with Gasteiger partial charge in [-0.15, -0.1) is 0 Å². The van der Waals surface area contributed by atoms with Crippen LogP contribution in [0.5, 0.6) is 0 Å². The van der Waals surface area contributed by atoms with Gasteiger partial charge in [0, 0.05) is 37.5 Å². The zero-order valence-corrected chi connectivity index (χ0v) is 21.5. The lowest BCUT2D eigenvalue weighted by atomic mass is 9.96. The maximum absolute atomic E-state index is 13.4.